The fraction of sp³-hybridized carbons (Fsp3) is 0.556. The fourth-order valence-corrected chi connectivity index (χ4v) is 5.64. The Morgan fingerprint density at radius 3 is 2.48 bits per heavy atom. The average Bonchev–Trinajstić information content (AvgIpc) is 3.34. The maximum Gasteiger partial charge on any atom is 0.294 e. The number of nitro benzene ring substituents is 1. The molecule has 9 nitrogen and oxygen atoms in total. The molecule has 140 valence electrons. The van der Waals surface area contributed by atoms with Crippen molar-refractivity contribution < 1.29 is 14.5 Å². The van der Waals surface area contributed by atoms with Crippen molar-refractivity contribution in [3.8, 4) is 0 Å². The quantitative estimate of drug-likeness (QED) is 0.461. The van der Waals surface area contributed by atoms with Gasteiger partial charge in [0.1, 0.15) is 5.69 Å². The molecule has 2 amide bonds. The van der Waals surface area contributed by atoms with Gasteiger partial charge in [-0.25, -0.2) is 5.01 Å². The van der Waals surface area contributed by atoms with Crippen molar-refractivity contribution in [2.75, 3.05) is 5.01 Å². The van der Waals surface area contributed by atoms with Crippen LogP contribution in [-0.2, 0) is 9.59 Å². The third-order valence-corrected chi connectivity index (χ3v) is 6.53. The fourth-order valence-electron chi connectivity index (χ4n) is 5.64. The van der Waals surface area contributed by atoms with Crippen molar-refractivity contribution in [2.24, 2.45) is 34.0 Å². The van der Waals surface area contributed by atoms with Gasteiger partial charge in [-0.05, 0) is 38.2 Å². The molecule has 0 spiro atoms. The van der Waals surface area contributed by atoms with Crippen LogP contribution in [0.25, 0.3) is 0 Å². The second kappa shape index (κ2) is 5.34. The molecule has 5 rings (SSSR count). The van der Waals surface area contributed by atoms with Crippen LogP contribution in [0.2, 0.25) is 0 Å². The molecule has 3 fully saturated rings. The van der Waals surface area contributed by atoms with E-state index in [1.165, 1.54) is 11.0 Å². The summed E-state index contributed by atoms with van der Waals surface area (Å²) < 4.78 is 0. The highest BCUT2D eigenvalue weighted by Crippen LogP contribution is 2.60. The van der Waals surface area contributed by atoms with Gasteiger partial charge >= 0.3 is 0 Å². The first-order valence-corrected chi connectivity index (χ1v) is 9.22. The van der Waals surface area contributed by atoms with E-state index >= 15 is 0 Å². The highest BCUT2D eigenvalue weighted by Gasteiger charge is 2.70. The van der Waals surface area contributed by atoms with Crippen LogP contribution in [0, 0.1) is 33.8 Å². The predicted molar refractivity (Wildman–Crippen MR) is 93.6 cm³/mol. The van der Waals surface area contributed by atoms with Gasteiger partial charge in [0.2, 0.25) is 11.8 Å². The molecule has 6 atom stereocenters. The van der Waals surface area contributed by atoms with Gasteiger partial charge in [-0.15, -0.1) is 0 Å². The first kappa shape index (κ1) is 16.3. The normalized spacial score (nSPS) is 36.1. The van der Waals surface area contributed by atoms with Crippen LogP contribution in [0.3, 0.4) is 0 Å². The van der Waals surface area contributed by atoms with E-state index < -0.39 is 4.92 Å². The van der Waals surface area contributed by atoms with Gasteiger partial charge in [-0.2, -0.15) is 5.11 Å². The Bertz CT molecular complexity index is 899. The number of para-hydroxylation sites is 2. The number of anilines is 1. The van der Waals surface area contributed by atoms with E-state index in [9.17, 15) is 19.7 Å². The first-order valence-electron chi connectivity index (χ1n) is 9.22. The van der Waals surface area contributed by atoms with Crippen LogP contribution in [0.5, 0.6) is 0 Å². The number of hydrogen-bond donors (Lipinski definition) is 0. The number of amides is 2. The van der Waals surface area contributed by atoms with Crippen LogP contribution in [0.1, 0.15) is 20.3 Å². The van der Waals surface area contributed by atoms with Crippen molar-refractivity contribution in [1.82, 2.24) is 4.90 Å². The maximum absolute atomic E-state index is 13.0. The number of nitrogens with zero attached hydrogens (tertiary/aromatic N) is 5. The average molecular weight is 369 g/mol. The lowest BCUT2D eigenvalue weighted by Gasteiger charge is -2.33. The van der Waals surface area contributed by atoms with Crippen molar-refractivity contribution in [1.29, 1.82) is 0 Å². The minimum absolute atomic E-state index is 0.0262. The number of imide groups is 1. The highest BCUT2D eigenvalue weighted by atomic mass is 16.6. The lowest BCUT2D eigenvalue weighted by Crippen LogP contribution is -2.47. The highest BCUT2D eigenvalue weighted by molar-refractivity contribution is 6.06. The van der Waals surface area contributed by atoms with E-state index in [-0.39, 0.29) is 59.3 Å². The van der Waals surface area contributed by atoms with Crippen molar-refractivity contribution in [3.05, 3.63) is 34.4 Å². The van der Waals surface area contributed by atoms with Crippen LogP contribution < -0.4 is 5.01 Å². The largest absolute Gasteiger partial charge is 0.294 e. The zero-order valence-electron chi connectivity index (χ0n) is 14.9. The van der Waals surface area contributed by atoms with Gasteiger partial charge in [0.15, 0.2) is 0 Å². The number of carbonyl (C=O) groups excluding carboxylic acids is 2. The zero-order chi connectivity index (χ0) is 19.0. The molecule has 2 heterocycles. The monoisotopic (exact) mass is 369 g/mol. The summed E-state index contributed by atoms with van der Waals surface area (Å²) in [7, 11) is 0. The summed E-state index contributed by atoms with van der Waals surface area (Å²) in [5.41, 5.74) is 0.356. The van der Waals surface area contributed by atoms with Gasteiger partial charge in [-0.3, -0.25) is 24.6 Å². The molecule has 4 aliphatic rings. The summed E-state index contributed by atoms with van der Waals surface area (Å²) in [6, 6.07) is 5.88. The minimum atomic E-state index is -0.432. The summed E-state index contributed by atoms with van der Waals surface area (Å²) in [6.45, 7) is 3.69. The summed E-state index contributed by atoms with van der Waals surface area (Å²) in [4.78, 5) is 38.2. The Balaban J connectivity index is 1.53. The Morgan fingerprint density at radius 1 is 1.15 bits per heavy atom. The number of benzene rings is 1. The van der Waals surface area contributed by atoms with Gasteiger partial charge in [0.05, 0.1) is 28.8 Å². The van der Waals surface area contributed by atoms with Crippen molar-refractivity contribution >= 4 is 23.2 Å². The van der Waals surface area contributed by atoms with E-state index in [1.54, 1.807) is 23.2 Å². The van der Waals surface area contributed by atoms with E-state index in [0.717, 1.165) is 6.42 Å². The maximum atomic E-state index is 13.0. The Labute approximate surface area is 155 Å². The molecule has 2 aliphatic heterocycles. The van der Waals surface area contributed by atoms with Crippen molar-refractivity contribution in [2.45, 2.75) is 38.4 Å². The SMILES string of the molecule is CC(C)N1C(=O)[C@H]2[C@@H]3C[C@@H]([C@@H]2C1=O)[C@@H]1[C@@H]3N=NN1c1ccccc1[N+](=O)[O-]. The Hall–Kier alpha value is -2.84. The number of fused-ring (bicyclic) bond motifs is 8. The molecular formula is C18H19N5O4. The smallest absolute Gasteiger partial charge is 0.280 e. The van der Waals surface area contributed by atoms with Crippen molar-refractivity contribution in [3.63, 3.8) is 0 Å². The lowest BCUT2D eigenvalue weighted by molar-refractivity contribution is -0.384. The molecule has 2 aliphatic carbocycles. The van der Waals surface area contributed by atoms with Gasteiger partial charge in [0, 0.05) is 12.1 Å². The van der Waals surface area contributed by atoms with E-state index in [4.69, 9.17) is 0 Å². The Morgan fingerprint density at radius 2 is 1.81 bits per heavy atom. The topological polar surface area (TPSA) is 108 Å². The first-order chi connectivity index (χ1) is 12.9. The molecule has 27 heavy (non-hydrogen) atoms. The summed E-state index contributed by atoms with van der Waals surface area (Å²) >= 11 is 0. The Kier molecular flexibility index (Phi) is 3.23. The molecule has 2 bridgehead atoms. The predicted octanol–water partition coefficient (Wildman–Crippen LogP) is 2.18. The third kappa shape index (κ3) is 1.94. The number of carbonyl (C=O) groups is 2. The minimum Gasteiger partial charge on any atom is -0.280 e. The standard InChI is InChI=1S/C18H19N5O4/c1-8(2)21-17(24)13-9-7-10(14(13)18(21)25)16-15(9)19-20-22(16)11-5-3-4-6-12(11)23(26)27/h3-6,8-10,13-16H,7H2,1-2H3/t9-,10-,13-,14-,15+,16+/m0/s1. The molecule has 0 aromatic heterocycles. The van der Waals surface area contributed by atoms with E-state index in [0.29, 0.717) is 5.69 Å². The van der Waals surface area contributed by atoms with E-state index in [1.807, 2.05) is 13.8 Å². The van der Waals surface area contributed by atoms with Gasteiger partial charge in [-0.1, -0.05) is 17.4 Å². The van der Waals surface area contributed by atoms with Crippen LogP contribution >= 0.6 is 0 Å². The molecule has 0 radical (unpaired) electrons. The third-order valence-electron chi connectivity index (χ3n) is 6.53. The molecule has 0 N–H and O–H groups in total. The molecule has 1 saturated heterocycles. The summed E-state index contributed by atoms with van der Waals surface area (Å²) in [6.07, 6.45) is 0.740. The lowest BCUT2D eigenvalue weighted by atomic mass is 9.76. The van der Waals surface area contributed by atoms with E-state index in [2.05, 4.69) is 10.3 Å². The molecule has 1 aromatic carbocycles. The summed E-state index contributed by atoms with van der Waals surface area (Å²) in [5.74, 6) is -0.983. The molecule has 0 unspecified atom stereocenters. The number of hydrogen-bond acceptors (Lipinski definition) is 7. The molecule has 9 heteroatoms. The molecule has 1 aromatic rings. The second-order valence-corrected chi connectivity index (χ2v) is 8.03. The van der Waals surface area contributed by atoms with Crippen LogP contribution in [0.15, 0.2) is 34.6 Å². The van der Waals surface area contributed by atoms with Crippen LogP contribution in [-0.4, -0.2) is 39.8 Å². The number of rotatable bonds is 3. The number of nitro groups is 1. The second-order valence-electron chi connectivity index (χ2n) is 8.03. The van der Waals surface area contributed by atoms with Crippen LogP contribution in [0.4, 0.5) is 11.4 Å². The van der Waals surface area contributed by atoms with Gasteiger partial charge < -0.3 is 0 Å². The zero-order valence-corrected chi connectivity index (χ0v) is 14.9. The molecular weight excluding hydrogens is 350 g/mol. The molecule has 2 saturated carbocycles. The summed E-state index contributed by atoms with van der Waals surface area (Å²) in [5, 5.41) is 21.6. The van der Waals surface area contributed by atoms with Gasteiger partial charge in [0.25, 0.3) is 5.69 Å². The number of likely N-dealkylation sites (tertiary alicyclic amines) is 1.